The lowest BCUT2D eigenvalue weighted by Gasteiger charge is -2.17. The van der Waals surface area contributed by atoms with Gasteiger partial charge in [0.25, 0.3) is 0 Å². The lowest BCUT2D eigenvalue weighted by Crippen LogP contribution is -2.30. The molecule has 0 amide bonds. The summed E-state index contributed by atoms with van der Waals surface area (Å²) in [4.78, 5) is 0. The van der Waals surface area contributed by atoms with Crippen molar-refractivity contribution < 1.29 is 5.11 Å². The zero-order valence-electron chi connectivity index (χ0n) is 8.97. The van der Waals surface area contributed by atoms with Crippen LogP contribution in [-0.2, 0) is 0 Å². The van der Waals surface area contributed by atoms with Gasteiger partial charge in [-0.15, -0.1) is 0 Å². The van der Waals surface area contributed by atoms with Crippen molar-refractivity contribution in [1.29, 1.82) is 0 Å². The van der Waals surface area contributed by atoms with Crippen molar-refractivity contribution in [3.63, 3.8) is 0 Å². The Bertz CT molecular complexity index is 139. The Labute approximate surface area is 81.7 Å². The fourth-order valence-corrected chi connectivity index (χ4v) is 1.69. The van der Waals surface area contributed by atoms with Crippen LogP contribution in [0.25, 0.3) is 0 Å². The molecular formula is C11H23NO. The zero-order chi connectivity index (χ0) is 9.73. The van der Waals surface area contributed by atoms with Gasteiger partial charge in [0, 0.05) is 18.6 Å². The summed E-state index contributed by atoms with van der Waals surface area (Å²) < 4.78 is 0. The third kappa shape index (κ3) is 3.28. The SMILES string of the molecule is CCC(CC)CNCC1(CO)CC1. The van der Waals surface area contributed by atoms with E-state index in [1.165, 1.54) is 25.7 Å². The molecule has 2 N–H and O–H groups in total. The van der Waals surface area contributed by atoms with Crippen LogP contribution in [0.1, 0.15) is 39.5 Å². The van der Waals surface area contributed by atoms with Crippen LogP contribution >= 0.6 is 0 Å². The molecule has 0 aromatic heterocycles. The molecule has 0 radical (unpaired) electrons. The molecule has 0 spiro atoms. The van der Waals surface area contributed by atoms with Gasteiger partial charge in [0.05, 0.1) is 0 Å². The monoisotopic (exact) mass is 185 g/mol. The highest BCUT2D eigenvalue weighted by Gasteiger charge is 2.41. The first-order valence-corrected chi connectivity index (χ1v) is 5.58. The molecule has 0 bridgehead atoms. The largest absolute Gasteiger partial charge is 0.396 e. The molecule has 13 heavy (non-hydrogen) atoms. The summed E-state index contributed by atoms with van der Waals surface area (Å²) in [5.74, 6) is 0.814. The molecule has 2 nitrogen and oxygen atoms in total. The van der Waals surface area contributed by atoms with Crippen molar-refractivity contribution >= 4 is 0 Å². The summed E-state index contributed by atoms with van der Waals surface area (Å²) in [7, 11) is 0. The minimum absolute atomic E-state index is 0.270. The fraction of sp³-hybridized carbons (Fsp3) is 1.00. The number of rotatable bonds is 7. The second-order valence-corrected chi connectivity index (χ2v) is 4.47. The van der Waals surface area contributed by atoms with Gasteiger partial charge >= 0.3 is 0 Å². The van der Waals surface area contributed by atoms with Gasteiger partial charge in [-0.1, -0.05) is 26.7 Å². The van der Waals surface area contributed by atoms with E-state index in [0.29, 0.717) is 6.61 Å². The van der Waals surface area contributed by atoms with Crippen molar-refractivity contribution in [2.75, 3.05) is 19.7 Å². The lowest BCUT2D eigenvalue weighted by atomic mass is 10.0. The molecule has 2 heteroatoms. The van der Waals surface area contributed by atoms with Gasteiger partial charge in [-0.3, -0.25) is 0 Å². The molecular weight excluding hydrogens is 162 g/mol. The number of aliphatic hydroxyl groups is 1. The van der Waals surface area contributed by atoms with E-state index in [4.69, 9.17) is 5.11 Å². The normalized spacial score (nSPS) is 19.4. The van der Waals surface area contributed by atoms with Crippen LogP contribution < -0.4 is 5.32 Å². The van der Waals surface area contributed by atoms with Crippen LogP contribution in [0.3, 0.4) is 0 Å². The predicted molar refractivity (Wildman–Crippen MR) is 55.7 cm³/mol. The minimum atomic E-state index is 0.270. The standard InChI is InChI=1S/C11H23NO/c1-3-10(4-2)7-12-8-11(9-13)5-6-11/h10,12-13H,3-9H2,1-2H3. The van der Waals surface area contributed by atoms with Crippen LogP contribution in [0.2, 0.25) is 0 Å². The summed E-state index contributed by atoms with van der Waals surface area (Å²) in [5.41, 5.74) is 0.270. The van der Waals surface area contributed by atoms with Gasteiger partial charge in [-0.05, 0) is 25.3 Å². The average Bonchev–Trinajstić information content (AvgIpc) is 2.93. The Balaban J connectivity index is 2.06. The highest BCUT2D eigenvalue weighted by molar-refractivity contribution is 4.94. The van der Waals surface area contributed by atoms with E-state index >= 15 is 0 Å². The Morgan fingerprint density at radius 1 is 1.31 bits per heavy atom. The smallest absolute Gasteiger partial charge is 0.0499 e. The van der Waals surface area contributed by atoms with E-state index in [0.717, 1.165) is 19.0 Å². The molecule has 0 atom stereocenters. The van der Waals surface area contributed by atoms with Gasteiger partial charge in [0.1, 0.15) is 0 Å². The second kappa shape index (κ2) is 4.97. The predicted octanol–water partition coefficient (Wildman–Crippen LogP) is 1.78. The van der Waals surface area contributed by atoms with Crippen molar-refractivity contribution in [3.8, 4) is 0 Å². The molecule has 0 aromatic rings. The van der Waals surface area contributed by atoms with Crippen LogP contribution in [0.5, 0.6) is 0 Å². The van der Waals surface area contributed by atoms with Gasteiger partial charge in [0.15, 0.2) is 0 Å². The Hall–Kier alpha value is -0.0800. The average molecular weight is 185 g/mol. The van der Waals surface area contributed by atoms with Crippen molar-refractivity contribution in [3.05, 3.63) is 0 Å². The summed E-state index contributed by atoms with van der Waals surface area (Å²) in [6, 6.07) is 0. The quantitative estimate of drug-likeness (QED) is 0.634. The molecule has 1 aliphatic carbocycles. The highest BCUT2D eigenvalue weighted by Crippen LogP contribution is 2.44. The Kier molecular flexibility index (Phi) is 4.20. The van der Waals surface area contributed by atoms with E-state index in [1.807, 2.05) is 0 Å². The van der Waals surface area contributed by atoms with Gasteiger partial charge in [-0.25, -0.2) is 0 Å². The molecule has 78 valence electrons. The maximum absolute atomic E-state index is 9.10. The Morgan fingerprint density at radius 2 is 1.92 bits per heavy atom. The first kappa shape index (κ1) is 11.0. The highest BCUT2D eigenvalue weighted by atomic mass is 16.3. The maximum Gasteiger partial charge on any atom is 0.0499 e. The molecule has 0 heterocycles. The molecule has 0 unspecified atom stereocenters. The fourth-order valence-electron chi connectivity index (χ4n) is 1.69. The van der Waals surface area contributed by atoms with E-state index < -0.39 is 0 Å². The molecule has 1 rings (SSSR count). The molecule has 0 aliphatic heterocycles. The van der Waals surface area contributed by atoms with Crippen LogP contribution in [0, 0.1) is 11.3 Å². The number of aliphatic hydroxyl groups excluding tert-OH is 1. The molecule has 0 aromatic carbocycles. The van der Waals surface area contributed by atoms with Crippen molar-refractivity contribution in [1.82, 2.24) is 5.32 Å². The van der Waals surface area contributed by atoms with Gasteiger partial charge < -0.3 is 10.4 Å². The lowest BCUT2D eigenvalue weighted by molar-refractivity contribution is 0.205. The summed E-state index contributed by atoms with van der Waals surface area (Å²) >= 11 is 0. The van der Waals surface area contributed by atoms with E-state index in [9.17, 15) is 0 Å². The second-order valence-electron chi connectivity index (χ2n) is 4.47. The number of nitrogens with one attached hydrogen (secondary N) is 1. The summed E-state index contributed by atoms with van der Waals surface area (Å²) in [6.07, 6.45) is 4.93. The van der Waals surface area contributed by atoms with Gasteiger partial charge in [-0.2, -0.15) is 0 Å². The third-order valence-corrected chi connectivity index (χ3v) is 3.38. The number of hydrogen-bond donors (Lipinski definition) is 2. The minimum Gasteiger partial charge on any atom is -0.396 e. The first-order valence-electron chi connectivity index (χ1n) is 5.58. The molecule has 1 aliphatic rings. The Morgan fingerprint density at radius 3 is 2.31 bits per heavy atom. The van der Waals surface area contributed by atoms with Crippen molar-refractivity contribution in [2.45, 2.75) is 39.5 Å². The van der Waals surface area contributed by atoms with E-state index in [-0.39, 0.29) is 5.41 Å². The molecule has 1 saturated carbocycles. The third-order valence-electron chi connectivity index (χ3n) is 3.38. The van der Waals surface area contributed by atoms with E-state index in [2.05, 4.69) is 19.2 Å². The zero-order valence-corrected chi connectivity index (χ0v) is 8.97. The molecule has 0 saturated heterocycles. The topological polar surface area (TPSA) is 32.3 Å². The first-order chi connectivity index (χ1) is 6.26. The number of hydrogen-bond acceptors (Lipinski definition) is 2. The summed E-state index contributed by atoms with van der Waals surface area (Å²) in [5, 5.41) is 12.6. The van der Waals surface area contributed by atoms with Crippen LogP contribution in [0.4, 0.5) is 0 Å². The van der Waals surface area contributed by atoms with Crippen molar-refractivity contribution in [2.24, 2.45) is 11.3 Å². The van der Waals surface area contributed by atoms with Crippen LogP contribution in [-0.4, -0.2) is 24.8 Å². The van der Waals surface area contributed by atoms with Gasteiger partial charge in [0.2, 0.25) is 0 Å². The van der Waals surface area contributed by atoms with Crippen LogP contribution in [0.15, 0.2) is 0 Å². The maximum atomic E-state index is 9.10. The van der Waals surface area contributed by atoms with E-state index in [1.54, 1.807) is 0 Å². The molecule has 1 fully saturated rings. The summed E-state index contributed by atoms with van der Waals surface area (Å²) in [6.45, 7) is 6.99.